The van der Waals surface area contributed by atoms with Crippen LogP contribution in [0, 0.1) is 11.8 Å². The molecule has 1 fully saturated rings. The van der Waals surface area contributed by atoms with Crippen molar-refractivity contribution in [3.63, 3.8) is 0 Å². The van der Waals surface area contributed by atoms with Crippen LogP contribution in [0.2, 0.25) is 0 Å². The Labute approximate surface area is 237 Å². The summed E-state index contributed by atoms with van der Waals surface area (Å²) in [5.74, 6) is -7.13. The maximum Gasteiger partial charge on any atom is 0.255 e. The van der Waals surface area contributed by atoms with Gasteiger partial charge in [0.05, 0.1) is 18.2 Å². The van der Waals surface area contributed by atoms with Gasteiger partial charge in [0.15, 0.2) is 11.4 Å². The zero-order chi connectivity index (χ0) is 30.7. The number of aliphatic hydroxyl groups is 3. The number of amides is 2. The second-order valence-corrected chi connectivity index (χ2v) is 11.5. The highest BCUT2D eigenvalue weighted by atomic mass is 16.3. The second-order valence-electron chi connectivity index (χ2n) is 11.5. The smallest absolute Gasteiger partial charge is 0.255 e. The number of aliphatic hydroxyl groups excluding tert-OH is 2. The number of phenols is 1. The number of primary amides is 1. The average molecular weight is 572 g/mol. The first-order chi connectivity index (χ1) is 19.0. The van der Waals surface area contributed by atoms with E-state index in [2.05, 4.69) is 5.32 Å². The van der Waals surface area contributed by atoms with Gasteiger partial charge in [-0.25, -0.2) is 0 Å². The van der Waals surface area contributed by atoms with Crippen LogP contribution in [0.1, 0.15) is 23.1 Å². The van der Waals surface area contributed by atoms with E-state index in [1.807, 2.05) is 0 Å². The fourth-order valence-corrected chi connectivity index (χ4v) is 6.34. The molecule has 0 aromatic heterocycles. The summed E-state index contributed by atoms with van der Waals surface area (Å²) in [6.45, 7) is 0.0755. The minimum Gasteiger partial charge on any atom is -0.508 e. The number of nitrogens with two attached hydrogens (primary N) is 1. The third-order valence-corrected chi connectivity index (χ3v) is 8.35. The maximum absolute atomic E-state index is 14.0. The third-order valence-electron chi connectivity index (χ3n) is 8.35. The summed E-state index contributed by atoms with van der Waals surface area (Å²) >= 11 is 0. The first kappa shape index (κ1) is 30.0. The highest BCUT2D eigenvalue weighted by molar-refractivity contribution is 6.24. The number of carbonyl (C=O) groups excluding carboxylic acids is 4. The minimum atomic E-state index is -2.70. The number of benzene rings is 1. The monoisotopic (exact) mass is 571 g/mol. The summed E-state index contributed by atoms with van der Waals surface area (Å²) in [6, 6.07) is 0.591. The molecule has 1 aromatic carbocycles. The number of aromatic hydroxyl groups is 1. The van der Waals surface area contributed by atoms with Crippen LogP contribution in [0.3, 0.4) is 0 Å². The van der Waals surface area contributed by atoms with Gasteiger partial charge in [-0.1, -0.05) is 0 Å². The molecule has 7 N–H and O–H groups in total. The van der Waals surface area contributed by atoms with E-state index >= 15 is 0 Å². The number of hydrogen-bond acceptors (Lipinski definition) is 11. The van der Waals surface area contributed by atoms with E-state index in [9.17, 15) is 39.6 Å². The third kappa shape index (κ3) is 4.53. The van der Waals surface area contributed by atoms with Crippen molar-refractivity contribution in [3.05, 3.63) is 39.7 Å². The highest BCUT2D eigenvalue weighted by Crippen LogP contribution is 2.54. The summed E-state index contributed by atoms with van der Waals surface area (Å²) in [7, 11) is 9.92. The molecule has 3 aliphatic rings. The molecule has 13 heteroatoms. The molecule has 41 heavy (non-hydrogen) atoms. The van der Waals surface area contributed by atoms with E-state index in [1.54, 1.807) is 53.3 Å². The normalized spacial score (nSPS) is 25.6. The van der Waals surface area contributed by atoms with Crippen molar-refractivity contribution in [3.8, 4) is 5.75 Å². The Hall–Kier alpha value is -3.94. The van der Waals surface area contributed by atoms with E-state index in [1.165, 1.54) is 9.80 Å². The summed E-state index contributed by atoms with van der Waals surface area (Å²) in [4.78, 5) is 56.1. The van der Waals surface area contributed by atoms with Crippen LogP contribution in [0.15, 0.2) is 23.0 Å². The molecule has 4 atom stereocenters. The molecule has 4 rings (SSSR count). The summed E-state index contributed by atoms with van der Waals surface area (Å²) in [6.07, 6.45) is 0.192. The molecule has 0 saturated heterocycles. The van der Waals surface area contributed by atoms with Gasteiger partial charge in [0.2, 0.25) is 11.7 Å². The van der Waals surface area contributed by atoms with Crippen molar-refractivity contribution in [2.24, 2.45) is 17.6 Å². The Balaban J connectivity index is 1.88. The van der Waals surface area contributed by atoms with E-state index in [0.29, 0.717) is 16.8 Å². The fourth-order valence-electron chi connectivity index (χ4n) is 6.34. The molecule has 0 aliphatic heterocycles. The van der Waals surface area contributed by atoms with E-state index in [4.69, 9.17) is 5.73 Å². The summed E-state index contributed by atoms with van der Waals surface area (Å²) in [5, 5.41) is 48.5. The standard InChI is InChI=1S/C28H37N5O8/c1-31(2)16-9-13(10-30-11-17(34)32(3)4)22(35)19-14(16)7-12-8-15-21(33(5)6)24(37)20(27(29)40)26(39)28(15,41)25(38)18(12)23(19)36/h9,12,15,21,30,35-36,39,41H,7-8,10-11H2,1-6H3,(H2,29,40)/t12-,15-,21-,28-/m0/s1. The van der Waals surface area contributed by atoms with Gasteiger partial charge in [0.25, 0.3) is 5.91 Å². The van der Waals surface area contributed by atoms with Gasteiger partial charge >= 0.3 is 0 Å². The van der Waals surface area contributed by atoms with Crippen molar-refractivity contribution in [1.29, 1.82) is 0 Å². The number of anilines is 1. The molecule has 3 aliphatic carbocycles. The fraction of sp³-hybridized carbons (Fsp3) is 0.500. The zero-order valence-corrected chi connectivity index (χ0v) is 24.0. The minimum absolute atomic E-state index is 0.00242. The number of hydrogen-bond donors (Lipinski definition) is 6. The predicted octanol–water partition coefficient (Wildman–Crippen LogP) is -0.792. The van der Waals surface area contributed by atoms with Gasteiger partial charge in [-0.05, 0) is 44.5 Å². The molecule has 0 radical (unpaired) electrons. The van der Waals surface area contributed by atoms with Gasteiger partial charge < -0.3 is 41.3 Å². The number of rotatable bonds is 7. The number of fused-ring (bicyclic) bond motifs is 3. The molecule has 13 nitrogen and oxygen atoms in total. The quantitative estimate of drug-likeness (QED) is 0.224. The van der Waals surface area contributed by atoms with Gasteiger partial charge in [-0.15, -0.1) is 0 Å². The van der Waals surface area contributed by atoms with Crippen LogP contribution in [-0.4, -0.2) is 114 Å². The van der Waals surface area contributed by atoms with Crippen LogP contribution < -0.4 is 16.0 Å². The number of phenolic OH excluding ortho intramolecular Hbond substituents is 1. The van der Waals surface area contributed by atoms with Crippen LogP contribution in [0.25, 0.3) is 5.76 Å². The molecule has 0 spiro atoms. The Morgan fingerprint density at radius 3 is 2.27 bits per heavy atom. The number of ketones is 2. The van der Waals surface area contributed by atoms with Gasteiger partial charge in [-0.3, -0.25) is 24.1 Å². The number of likely N-dealkylation sites (N-methyl/N-ethyl adjacent to an activating group) is 2. The van der Waals surface area contributed by atoms with Crippen molar-refractivity contribution in [2.45, 2.75) is 31.0 Å². The van der Waals surface area contributed by atoms with Crippen molar-refractivity contribution in [2.75, 3.05) is 53.7 Å². The lowest BCUT2D eigenvalue weighted by Gasteiger charge is -2.50. The lowest BCUT2D eigenvalue weighted by Crippen LogP contribution is -2.65. The maximum atomic E-state index is 14.0. The average Bonchev–Trinajstić information content (AvgIpc) is 2.86. The number of carbonyl (C=O) groups is 4. The van der Waals surface area contributed by atoms with Crippen molar-refractivity contribution in [1.82, 2.24) is 15.1 Å². The first-order valence-corrected chi connectivity index (χ1v) is 13.2. The van der Waals surface area contributed by atoms with Gasteiger partial charge in [-0.2, -0.15) is 0 Å². The zero-order valence-electron chi connectivity index (χ0n) is 24.0. The highest BCUT2D eigenvalue weighted by Gasteiger charge is 2.64. The van der Waals surface area contributed by atoms with Crippen LogP contribution >= 0.6 is 0 Å². The topological polar surface area (TPSA) is 197 Å². The van der Waals surface area contributed by atoms with Crippen molar-refractivity contribution < 1.29 is 39.6 Å². The molecule has 1 saturated carbocycles. The number of nitrogens with one attached hydrogen (secondary N) is 1. The van der Waals surface area contributed by atoms with Crippen LogP contribution in [0.4, 0.5) is 5.69 Å². The second kappa shape index (κ2) is 10.5. The Bertz CT molecular complexity index is 1410. The van der Waals surface area contributed by atoms with Crippen LogP contribution in [-0.2, 0) is 32.1 Å². The van der Waals surface area contributed by atoms with E-state index < -0.39 is 58.0 Å². The van der Waals surface area contributed by atoms with E-state index in [0.717, 1.165) is 0 Å². The number of nitrogens with zero attached hydrogens (tertiary/aromatic N) is 3. The molecule has 0 unspecified atom stereocenters. The van der Waals surface area contributed by atoms with E-state index in [-0.39, 0.29) is 48.7 Å². The molecular formula is C28H37N5O8. The summed E-state index contributed by atoms with van der Waals surface area (Å²) < 4.78 is 0. The Morgan fingerprint density at radius 2 is 1.73 bits per heavy atom. The molecule has 0 bridgehead atoms. The largest absolute Gasteiger partial charge is 0.508 e. The predicted molar refractivity (Wildman–Crippen MR) is 149 cm³/mol. The molecule has 222 valence electrons. The van der Waals surface area contributed by atoms with Crippen molar-refractivity contribution >= 4 is 34.8 Å². The molecule has 2 amide bonds. The SMILES string of the molecule is CN(C)C(=O)CNCc1cc(N(C)C)c2c(c1O)C(O)=C1C(=O)[C@]3(O)C(O)=C(C(N)=O)C(=O)[C@@H](N(C)C)[C@@H]3C[C@@H]1C2. The van der Waals surface area contributed by atoms with Gasteiger partial charge in [0.1, 0.15) is 22.8 Å². The number of Topliss-reactive ketones (excluding diaryl/α,β-unsaturated/α-hetero) is 2. The Morgan fingerprint density at radius 1 is 1.10 bits per heavy atom. The molecule has 0 heterocycles. The summed E-state index contributed by atoms with van der Waals surface area (Å²) in [5.41, 5.74) is 3.18. The first-order valence-electron chi connectivity index (χ1n) is 13.2. The van der Waals surface area contributed by atoms with Crippen LogP contribution in [0.5, 0.6) is 5.75 Å². The molecular weight excluding hydrogens is 534 g/mol. The molecule has 1 aromatic rings. The Kier molecular flexibility index (Phi) is 7.67. The lowest BCUT2D eigenvalue weighted by molar-refractivity contribution is -0.153. The van der Waals surface area contributed by atoms with Gasteiger partial charge in [0, 0.05) is 57.5 Å². The lowest BCUT2D eigenvalue weighted by atomic mass is 9.57.